The monoisotopic (exact) mass is 488 g/mol. The summed E-state index contributed by atoms with van der Waals surface area (Å²) < 4.78 is 22.9. The highest BCUT2D eigenvalue weighted by Gasteiger charge is 2.32. The van der Waals surface area contributed by atoms with E-state index in [2.05, 4.69) is 24.1 Å². The van der Waals surface area contributed by atoms with E-state index in [1.54, 1.807) is 0 Å². The van der Waals surface area contributed by atoms with Crippen molar-refractivity contribution < 1.29 is 33.6 Å². The Balaban J connectivity index is 2.08. The summed E-state index contributed by atoms with van der Waals surface area (Å²) in [5, 5.41) is 12.8. The normalized spacial score (nSPS) is 14.6. The Hall–Kier alpha value is -3.17. The first-order valence-electron chi connectivity index (χ1n) is 11.6. The van der Waals surface area contributed by atoms with Crippen molar-refractivity contribution in [3.8, 4) is 17.2 Å². The van der Waals surface area contributed by atoms with Gasteiger partial charge in [-0.15, -0.1) is 0 Å². The first-order valence-corrected chi connectivity index (χ1v) is 11.6. The smallest absolute Gasteiger partial charge is 0.274 e. The number of aromatic hydroxyl groups is 1. The molecule has 2 N–H and O–H groups in total. The minimum atomic E-state index is -1.39. The SMILES string of the molecule is COc1ccnc(C(=O)N[C@](C)(C=O)CO[C@H](COCCC(C)C)[C@H](C)Oc2ccccc2)c1O. The molecule has 0 saturated carbocycles. The van der Waals surface area contributed by atoms with E-state index < -0.39 is 29.4 Å². The molecule has 0 aliphatic heterocycles. The van der Waals surface area contributed by atoms with Crippen molar-refractivity contribution >= 4 is 12.2 Å². The molecule has 1 aromatic carbocycles. The maximum atomic E-state index is 12.7. The van der Waals surface area contributed by atoms with Gasteiger partial charge in [0.1, 0.15) is 29.8 Å². The Morgan fingerprint density at radius 2 is 1.91 bits per heavy atom. The number of hydrogen-bond donors (Lipinski definition) is 2. The molecule has 0 radical (unpaired) electrons. The lowest BCUT2D eigenvalue weighted by atomic mass is 10.1. The second-order valence-corrected chi connectivity index (χ2v) is 8.94. The van der Waals surface area contributed by atoms with E-state index in [1.165, 1.54) is 26.3 Å². The van der Waals surface area contributed by atoms with E-state index in [-0.39, 0.29) is 24.7 Å². The van der Waals surface area contributed by atoms with Gasteiger partial charge in [0.15, 0.2) is 17.2 Å². The van der Waals surface area contributed by atoms with Crippen LogP contribution in [0, 0.1) is 5.92 Å². The lowest BCUT2D eigenvalue weighted by molar-refractivity contribution is -0.120. The summed E-state index contributed by atoms with van der Waals surface area (Å²) in [6.45, 7) is 8.29. The van der Waals surface area contributed by atoms with Gasteiger partial charge in [0.25, 0.3) is 5.91 Å². The third-order valence-electron chi connectivity index (χ3n) is 5.29. The van der Waals surface area contributed by atoms with Gasteiger partial charge in [-0.25, -0.2) is 4.98 Å². The molecule has 3 atom stereocenters. The van der Waals surface area contributed by atoms with Crippen LogP contribution in [0.2, 0.25) is 0 Å². The van der Waals surface area contributed by atoms with Crippen LogP contribution in [-0.2, 0) is 14.3 Å². The van der Waals surface area contributed by atoms with E-state index in [4.69, 9.17) is 18.9 Å². The molecule has 9 heteroatoms. The zero-order chi connectivity index (χ0) is 25.8. The average Bonchev–Trinajstić information content (AvgIpc) is 2.84. The van der Waals surface area contributed by atoms with Crippen LogP contribution in [0.3, 0.4) is 0 Å². The van der Waals surface area contributed by atoms with Crippen molar-refractivity contribution in [2.45, 2.75) is 51.9 Å². The molecule has 0 unspecified atom stereocenters. The number of aldehydes is 1. The predicted octanol–water partition coefficient (Wildman–Crippen LogP) is 3.40. The summed E-state index contributed by atoms with van der Waals surface area (Å²) in [6.07, 6.45) is 1.91. The van der Waals surface area contributed by atoms with Gasteiger partial charge in [-0.3, -0.25) is 4.79 Å². The van der Waals surface area contributed by atoms with Crippen molar-refractivity contribution in [1.82, 2.24) is 10.3 Å². The molecule has 0 fully saturated rings. The fourth-order valence-corrected chi connectivity index (χ4v) is 3.09. The Morgan fingerprint density at radius 3 is 2.54 bits per heavy atom. The number of nitrogens with zero attached hydrogens (tertiary/aromatic N) is 1. The van der Waals surface area contributed by atoms with Gasteiger partial charge in [-0.1, -0.05) is 32.0 Å². The molecule has 9 nitrogen and oxygen atoms in total. The molecule has 0 aliphatic carbocycles. The minimum Gasteiger partial charge on any atom is -0.503 e. The fraction of sp³-hybridized carbons (Fsp3) is 0.500. The van der Waals surface area contributed by atoms with Gasteiger partial charge in [0.05, 0.1) is 20.3 Å². The Morgan fingerprint density at radius 1 is 1.20 bits per heavy atom. The number of rotatable bonds is 15. The number of carbonyl (C=O) groups excluding carboxylic acids is 2. The van der Waals surface area contributed by atoms with Crippen molar-refractivity contribution in [2.24, 2.45) is 5.92 Å². The minimum absolute atomic E-state index is 0.0969. The zero-order valence-electron chi connectivity index (χ0n) is 21.0. The maximum absolute atomic E-state index is 12.7. The maximum Gasteiger partial charge on any atom is 0.274 e. The van der Waals surface area contributed by atoms with E-state index in [0.29, 0.717) is 24.6 Å². The molecule has 1 heterocycles. The van der Waals surface area contributed by atoms with Crippen molar-refractivity contribution in [3.05, 3.63) is 48.3 Å². The number of methoxy groups -OCH3 is 1. The standard InChI is InChI=1S/C26H36N2O7/c1-18(2)12-14-33-15-22(19(3)35-20-9-7-6-8-10-20)34-17-26(4,16-29)28-25(31)23-24(30)21(32-5)11-13-27-23/h6-11,13,16,18-19,22,30H,12,14-15,17H2,1-5H3,(H,28,31)/t19-,22+,26+/m0/s1. The molecule has 1 amide bonds. The van der Waals surface area contributed by atoms with Crippen LogP contribution in [0.5, 0.6) is 17.2 Å². The Bertz CT molecular complexity index is 939. The topological polar surface area (TPSA) is 116 Å². The second-order valence-electron chi connectivity index (χ2n) is 8.94. The number of para-hydroxylation sites is 1. The number of hydrogen-bond acceptors (Lipinski definition) is 8. The molecular formula is C26H36N2O7. The van der Waals surface area contributed by atoms with Crippen LogP contribution in [0.15, 0.2) is 42.6 Å². The molecule has 2 aromatic rings. The highest BCUT2D eigenvalue weighted by Crippen LogP contribution is 2.27. The number of carbonyl (C=O) groups is 2. The molecule has 35 heavy (non-hydrogen) atoms. The third kappa shape index (κ3) is 8.84. The summed E-state index contributed by atoms with van der Waals surface area (Å²) in [5.74, 6) is 0.130. The molecular weight excluding hydrogens is 452 g/mol. The van der Waals surface area contributed by atoms with E-state index in [9.17, 15) is 14.7 Å². The molecule has 2 rings (SSSR count). The second kappa shape index (κ2) is 13.7. The van der Waals surface area contributed by atoms with Crippen LogP contribution >= 0.6 is 0 Å². The van der Waals surface area contributed by atoms with E-state index in [1.807, 2.05) is 37.3 Å². The van der Waals surface area contributed by atoms with Gasteiger partial charge in [-0.05, 0) is 38.3 Å². The van der Waals surface area contributed by atoms with Crippen LogP contribution in [0.25, 0.3) is 0 Å². The van der Waals surface area contributed by atoms with Gasteiger partial charge in [0, 0.05) is 18.9 Å². The summed E-state index contributed by atoms with van der Waals surface area (Å²) >= 11 is 0. The number of nitrogens with one attached hydrogen (secondary N) is 1. The lowest BCUT2D eigenvalue weighted by Gasteiger charge is -2.30. The summed E-state index contributed by atoms with van der Waals surface area (Å²) in [7, 11) is 1.36. The Labute approximate surface area is 206 Å². The van der Waals surface area contributed by atoms with Crippen LogP contribution in [0.1, 0.15) is 44.6 Å². The van der Waals surface area contributed by atoms with Gasteiger partial charge >= 0.3 is 0 Å². The quantitative estimate of drug-likeness (QED) is 0.289. The van der Waals surface area contributed by atoms with Gasteiger partial charge in [-0.2, -0.15) is 0 Å². The van der Waals surface area contributed by atoms with Gasteiger partial charge < -0.3 is 34.2 Å². The number of aromatic nitrogens is 1. The van der Waals surface area contributed by atoms with Gasteiger partial charge in [0.2, 0.25) is 0 Å². The van der Waals surface area contributed by atoms with Crippen molar-refractivity contribution in [3.63, 3.8) is 0 Å². The molecule has 0 spiro atoms. The number of benzene rings is 1. The van der Waals surface area contributed by atoms with E-state index >= 15 is 0 Å². The summed E-state index contributed by atoms with van der Waals surface area (Å²) in [5.41, 5.74) is -1.65. The summed E-state index contributed by atoms with van der Waals surface area (Å²) in [4.78, 5) is 28.6. The van der Waals surface area contributed by atoms with E-state index in [0.717, 1.165) is 6.42 Å². The Kier molecular flexibility index (Phi) is 10.9. The average molecular weight is 489 g/mol. The predicted molar refractivity (Wildman–Crippen MR) is 131 cm³/mol. The molecule has 192 valence electrons. The van der Waals surface area contributed by atoms with Crippen molar-refractivity contribution in [1.29, 1.82) is 0 Å². The van der Waals surface area contributed by atoms with Crippen LogP contribution < -0.4 is 14.8 Å². The highest BCUT2D eigenvalue weighted by molar-refractivity contribution is 5.97. The third-order valence-corrected chi connectivity index (χ3v) is 5.29. The zero-order valence-corrected chi connectivity index (χ0v) is 21.0. The van der Waals surface area contributed by atoms with Crippen molar-refractivity contribution in [2.75, 3.05) is 26.9 Å². The summed E-state index contributed by atoms with van der Waals surface area (Å²) in [6, 6.07) is 10.8. The number of pyridine rings is 1. The number of ether oxygens (including phenoxy) is 4. The molecule has 0 saturated heterocycles. The molecule has 1 aromatic heterocycles. The lowest BCUT2D eigenvalue weighted by Crippen LogP contribution is -2.52. The first-order chi connectivity index (χ1) is 16.7. The number of amides is 1. The largest absolute Gasteiger partial charge is 0.503 e. The first kappa shape index (κ1) is 28.1. The van der Waals surface area contributed by atoms with Crippen LogP contribution in [0.4, 0.5) is 0 Å². The molecule has 0 aliphatic rings. The highest BCUT2D eigenvalue weighted by atomic mass is 16.6. The fourth-order valence-electron chi connectivity index (χ4n) is 3.09. The van der Waals surface area contributed by atoms with Crippen LogP contribution in [-0.4, -0.2) is 67.0 Å². The molecule has 0 bridgehead atoms.